The van der Waals surface area contributed by atoms with Gasteiger partial charge in [0.05, 0.1) is 5.92 Å². The molecule has 7 nitrogen and oxygen atoms in total. The number of amides is 2. The van der Waals surface area contributed by atoms with Gasteiger partial charge in [0.15, 0.2) is 0 Å². The predicted octanol–water partition coefficient (Wildman–Crippen LogP) is 4.65. The number of carbonyl (C=O) groups excluding carboxylic acids is 2. The van der Waals surface area contributed by atoms with Crippen LogP contribution >= 0.6 is 0 Å². The summed E-state index contributed by atoms with van der Waals surface area (Å²) in [5, 5.41) is 12.1. The van der Waals surface area contributed by atoms with Crippen LogP contribution in [-0.2, 0) is 14.3 Å². The third-order valence-corrected chi connectivity index (χ3v) is 6.97. The molecular formula is C28H34N2O5. The van der Waals surface area contributed by atoms with Gasteiger partial charge in [0, 0.05) is 19.0 Å². The highest BCUT2D eigenvalue weighted by molar-refractivity contribution is 5.87. The third kappa shape index (κ3) is 5.66. The summed E-state index contributed by atoms with van der Waals surface area (Å²) in [5.74, 6) is -1.76. The molecule has 0 saturated carbocycles. The lowest BCUT2D eigenvalue weighted by molar-refractivity contribution is -0.141. The highest BCUT2D eigenvalue weighted by Crippen LogP contribution is 2.44. The molecule has 35 heavy (non-hydrogen) atoms. The number of benzene rings is 2. The molecule has 4 rings (SSSR count). The van der Waals surface area contributed by atoms with Crippen LogP contribution in [0.2, 0.25) is 0 Å². The number of nitrogens with zero attached hydrogens (tertiary/aromatic N) is 1. The molecule has 2 aliphatic rings. The molecule has 0 aromatic heterocycles. The molecule has 2 atom stereocenters. The molecule has 2 amide bonds. The zero-order valence-corrected chi connectivity index (χ0v) is 20.6. The topological polar surface area (TPSA) is 95.9 Å². The van der Waals surface area contributed by atoms with Crippen LogP contribution in [0.15, 0.2) is 48.5 Å². The normalized spacial score (nSPS) is 18.0. The molecule has 0 radical (unpaired) electrons. The van der Waals surface area contributed by atoms with Crippen LogP contribution in [0.25, 0.3) is 11.1 Å². The maximum Gasteiger partial charge on any atom is 0.407 e. The van der Waals surface area contributed by atoms with Crippen molar-refractivity contribution >= 4 is 18.0 Å². The van der Waals surface area contributed by atoms with Crippen molar-refractivity contribution in [1.82, 2.24) is 10.2 Å². The van der Waals surface area contributed by atoms with Crippen molar-refractivity contribution in [2.75, 3.05) is 19.7 Å². The van der Waals surface area contributed by atoms with E-state index in [9.17, 15) is 19.5 Å². The second-order valence-electron chi connectivity index (χ2n) is 10.7. The van der Waals surface area contributed by atoms with Crippen LogP contribution in [0.3, 0.4) is 0 Å². The van der Waals surface area contributed by atoms with Gasteiger partial charge in [-0.3, -0.25) is 9.59 Å². The Kier molecular flexibility index (Phi) is 7.15. The first kappa shape index (κ1) is 24.8. The van der Waals surface area contributed by atoms with Gasteiger partial charge in [0.2, 0.25) is 5.91 Å². The van der Waals surface area contributed by atoms with Crippen LogP contribution in [0, 0.1) is 11.3 Å². The van der Waals surface area contributed by atoms with Crippen LogP contribution in [0.4, 0.5) is 4.79 Å². The summed E-state index contributed by atoms with van der Waals surface area (Å²) in [6.07, 6.45) is 0.982. The molecule has 1 saturated heterocycles. The Bertz CT molecular complexity index is 1060. The lowest BCUT2D eigenvalue weighted by Gasteiger charge is -2.27. The summed E-state index contributed by atoms with van der Waals surface area (Å²) in [4.78, 5) is 39.0. The number of nitrogens with one attached hydrogen (secondary N) is 1. The molecule has 1 heterocycles. The number of carboxylic acid groups (broad SMARTS) is 1. The summed E-state index contributed by atoms with van der Waals surface area (Å²) < 4.78 is 5.66. The van der Waals surface area contributed by atoms with E-state index in [1.807, 2.05) is 24.3 Å². The molecule has 186 valence electrons. The fraction of sp³-hybridized carbons (Fsp3) is 0.464. The van der Waals surface area contributed by atoms with Gasteiger partial charge in [0.1, 0.15) is 12.6 Å². The Hall–Kier alpha value is -3.35. The molecular weight excluding hydrogens is 444 g/mol. The maximum atomic E-state index is 13.2. The van der Waals surface area contributed by atoms with Gasteiger partial charge in [-0.25, -0.2) is 4.79 Å². The molecule has 0 bridgehead atoms. The Labute approximate surface area is 206 Å². The maximum absolute atomic E-state index is 13.2. The van der Waals surface area contributed by atoms with Crippen LogP contribution in [0.1, 0.15) is 57.1 Å². The first-order chi connectivity index (χ1) is 16.6. The van der Waals surface area contributed by atoms with Gasteiger partial charge in [-0.1, -0.05) is 69.3 Å². The predicted molar refractivity (Wildman–Crippen MR) is 133 cm³/mol. The summed E-state index contributed by atoms with van der Waals surface area (Å²) >= 11 is 0. The standard InChI is InChI=1S/C28H34N2O5/c1-28(2,3)14-12-24(25(31)30-15-13-18(16-30)26(32)33)29-27(34)35-17-23-21-10-6-4-8-19(21)20-9-5-7-11-22(20)23/h4-11,18,23-24H,12-17H2,1-3H3,(H,29,34)(H,32,33). The average molecular weight is 479 g/mol. The number of fused-ring (bicyclic) bond motifs is 3. The number of alkyl carbamates (subject to hydrolysis) is 1. The zero-order chi connectivity index (χ0) is 25.2. The van der Waals surface area contributed by atoms with Crippen molar-refractivity contribution in [2.24, 2.45) is 11.3 Å². The molecule has 2 aromatic carbocycles. The number of carboxylic acids is 1. The SMILES string of the molecule is CC(C)(C)CCC(NC(=O)OCC1c2ccccc2-c2ccccc21)C(=O)N1CCC(C(=O)O)C1. The van der Waals surface area contributed by atoms with Crippen LogP contribution in [0.5, 0.6) is 0 Å². The fourth-order valence-corrected chi connectivity index (χ4v) is 5.00. The van der Waals surface area contributed by atoms with Crippen molar-refractivity contribution in [3.8, 4) is 11.1 Å². The van der Waals surface area contributed by atoms with E-state index in [1.165, 1.54) is 0 Å². The molecule has 2 N–H and O–H groups in total. The number of hydrogen-bond acceptors (Lipinski definition) is 4. The smallest absolute Gasteiger partial charge is 0.407 e. The first-order valence-electron chi connectivity index (χ1n) is 12.3. The highest BCUT2D eigenvalue weighted by atomic mass is 16.5. The quantitative estimate of drug-likeness (QED) is 0.604. The van der Waals surface area contributed by atoms with Crippen molar-refractivity contribution in [2.45, 2.75) is 52.0 Å². The summed E-state index contributed by atoms with van der Waals surface area (Å²) in [7, 11) is 0. The first-order valence-corrected chi connectivity index (χ1v) is 12.3. The van der Waals surface area contributed by atoms with Gasteiger partial charge in [-0.2, -0.15) is 0 Å². The third-order valence-electron chi connectivity index (χ3n) is 6.97. The van der Waals surface area contributed by atoms with E-state index in [1.54, 1.807) is 4.90 Å². The van der Waals surface area contributed by atoms with E-state index in [0.29, 0.717) is 19.4 Å². The Morgan fingerprint density at radius 2 is 1.66 bits per heavy atom. The number of aliphatic carboxylic acids is 1. The van der Waals surface area contributed by atoms with Gasteiger partial charge in [-0.05, 0) is 46.9 Å². The fourth-order valence-electron chi connectivity index (χ4n) is 5.00. The van der Waals surface area contributed by atoms with E-state index in [4.69, 9.17) is 4.74 Å². The molecule has 7 heteroatoms. The Morgan fingerprint density at radius 1 is 1.06 bits per heavy atom. The lowest BCUT2D eigenvalue weighted by Crippen LogP contribution is -2.48. The van der Waals surface area contributed by atoms with Crippen LogP contribution < -0.4 is 5.32 Å². The largest absolute Gasteiger partial charge is 0.481 e. The second kappa shape index (κ2) is 10.1. The van der Waals surface area contributed by atoms with E-state index in [0.717, 1.165) is 28.7 Å². The molecule has 2 aromatic rings. The molecule has 1 fully saturated rings. The molecule has 0 spiro atoms. The molecule has 1 aliphatic carbocycles. The molecule has 1 aliphatic heterocycles. The summed E-state index contributed by atoms with van der Waals surface area (Å²) in [6, 6.07) is 15.5. The van der Waals surface area contributed by atoms with Crippen LogP contribution in [-0.4, -0.2) is 53.7 Å². The number of carbonyl (C=O) groups is 3. The van der Waals surface area contributed by atoms with Gasteiger partial charge >= 0.3 is 12.1 Å². The zero-order valence-electron chi connectivity index (χ0n) is 20.6. The van der Waals surface area contributed by atoms with E-state index in [-0.39, 0.29) is 30.4 Å². The summed E-state index contributed by atoms with van der Waals surface area (Å²) in [5.41, 5.74) is 4.53. The average Bonchev–Trinajstić information content (AvgIpc) is 3.43. The second-order valence-corrected chi connectivity index (χ2v) is 10.7. The number of rotatable bonds is 7. The van der Waals surface area contributed by atoms with Crippen molar-refractivity contribution in [3.63, 3.8) is 0 Å². The van der Waals surface area contributed by atoms with Crippen molar-refractivity contribution in [1.29, 1.82) is 0 Å². The van der Waals surface area contributed by atoms with Gasteiger partial charge in [-0.15, -0.1) is 0 Å². The number of ether oxygens (including phenoxy) is 1. The van der Waals surface area contributed by atoms with E-state index in [2.05, 4.69) is 50.4 Å². The van der Waals surface area contributed by atoms with Crippen molar-refractivity contribution < 1.29 is 24.2 Å². The minimum atomic E-state index is -0.893. The monoisotopic (exact) mass is 478 g/mol. The van der Waals surface area contributed by atoms with E-state index >= 15 is 0 Å². The van der Waals surface area contributed by atoms with Crippen molar-refractivity contribution in [3.05, 3.63) is 59.7 Å². The highest BCUT2D eigenvalue weighted by Gasteiger charge is 2.35. The van der Waals surface area contributed by atoms with Gasteiger partial charge in [0.25, 0.3) is 0 Å². The minimum Gasteiger partial charge on any atom is -0.481 e. The summed E-state index contributed by atoms with van der Waals surface area (Å²) in [6.45, 7) is 6.97. The van der Waals surface area contributed by atoms with Gasteiger partial charge < -0.3 is 20.1 Å². The van der Waals surface area contributed by atoms with E-state index < -0.39 is 24.0 Å². The number of hydrogen-bond donors (Lipinski definition) is 2. The lowest BCUT2D eigenvalue weighted by atomic mass is 9.88. The molecule has 2 unspecified atom stereocenters. The minimum absolute atomic E-state index is 0.0179. The number of likely N-dealkylation sites (tertiary alicyclic amines) is 1. The Morgan fingerprint density at radius 3 is 2.20 bits per heavy atom. The Balaban J connectivity index is 1.42.